The minimum atomic E-state index is -0.327. The molecule has 2 rings (SSSR count). The van der Waals surface area contributed by atoms with Crippen molar-refractivity contribution in [1.29, 1.82) is 0 Å². The summed E-state index contributed by atoms with van der Waals surface area (Å²) in [4.78, 5) is 16.6. The van der Waals surface area contributed by atoms with E-state index < -0.39 is 0 Å². The molecule has 2 saturated heterocycles. The van der Waals surface area contributed by atoms with Crippen molar-refractivity contribution in [1.82, 2.24) is 9.80 Å². The number of carbonyl (C=O) groups is 1. The van der Waals surface area contributed by atoms with Gasteiger partial charge in [-0.1, -0.05) is 13.8 Å². The van der Waals surface area contributed by atoms with Crippen LogP contribution in [-0.2, 0) is 4.79 Å². The highest BCUT2D eigenvalue weighted by Gasteiger charge is 2.33. The van der Waals surface area contributed by atoms with Crippen molar-refractivity contribution in [3.8, 4) is 0 Å². The minimum Gasteiger partial charge on any atom is -0.340 e. The molecule has 17 heavy (non-hydrogen) atoms. The van der Waals surface area contributed by atoms with Crippen LogP contribution in [0.25, 0.3) is 0 Å². The Labute approximate surface area is 104 Å². The molecule has 2 N–H and O–H groups in total. The smallest absolute Gasteiger partial charge is 0.239 e. The number of rotatable bonds is 3. The van der Waals surface area contributed by atoms with Gasteiger partial charge in [0.05, 0.1) is 6.04 Å². The van der Waals surface area contributed by atoms with E-state index in [1.165, 1.54) is 25.9 Å². The summed E-state index contributed by atoms with van der Waals surface area (Å²) in [6.45, 7) is 8.22. The van der Waals surface area contributed by atoms with Crippen molar-refractivity contribution < 1.29 is 4.79 Å². The van der Waals surface area contributed by atoms with E-state index in [9.17, 15) is 4.79 Å². The van der Waals surface area contributed by atoms with Crippen molar-refractivity contribution in [2.45, 2.75) is 45.2 Å². The summed E-state index contributed by atoms with van der Waals surface area (Å²) < 4.78 is 0. The standard InChI is InChI=1S/C13H25N3O/c1-10(2)12(14)13(17)16-8-5-11(9-16)15-6-3-4-7-15/h10-12H,3-9,14H2,1-2H3/t11?,12-/m1/s1. The molecule has 2 aliphatic heterocycles. The zero-order chi connectivity index (χ0) is 12.4. The summed E-state index contributed by atoms with van der Waals surface area (Å²) >= 11 is 0. The van der Waals surface area contributed by atoms with E-state index in [1.807, 2.05) is 18.7 Å². The third kappa shape index (κ3) is 2.80. The monoisotopic (exact) mass is 239 g/mol. The van der Waals surface area contributed by atoms with Gasteiger partial charge in [-0.2, -0.15) is 0 Å². The molecule has 0 radical (unpaired) electrons. The summed E-state index contributed by atoms with van der Waals surface area (Å²) in [6.07, 6.45) is 3.75. The van der Waals surface area contributed by atoms with Crippen LogP contribution in [0.2, 0.25) is 0 Å². The maximum absolute atomic E-state index is 12.1. The Bertz CT molecular complexity index is 274. The fourth-order valence-corrected chi connectivity index (χ4v) is 2.84. The van der Waals surface area contributed by atoms with Crippen LogP contribution in [0.15, 0.2) is 0 Å². The van der Waals surface area contributed by atoms with Gasteiger partial charge in [0, 0.05) is 19.1 Å². The maximum Gasteiger partial charge on any atom is 0.239 e. The van der Waals surface area contributed by atoms with Crippen LogP contribution in [0.5, 0.6) is 0 Å². The Morgan fingerprint density at radius 2 is 1.88 bits per heavy atom. The number of nitrogens with two attached hydrogens (primary N) is 1. The van der Waals surface area contributed by atoms with E-state index in [0.717, 1.165) is 19.5 Å². The number of amides is 1. The van der Waals surface area contributed by atoms with E-state index >= 15 is 0 Å². The van der Waals surface area contributed by atoms with Gasteiger partial charge in [-0.15, -0.1) is 0 Å². The minimum absolute atomic E-state index is 0.140. The molecule has 4 nitrogen and oxygen atoms in total. The lowest BCUT2D eigenvalue weighted by Crippen LogP contribution is -2.46. The quantitative estimate of drug-likeness (QED) is 0.787. The normalized spacial score (nSPS) is 28.0. The second kappa shape index (κ2) is 5.36. The Balaban J connectivity index is 1.86. The largest absolute Gasteiger partial charge is 0.340 e. The third-order valence-corrected chi connectivity index (χ3v) is 4.14. The SMILES string of the molecule is CC(C)[C@@H](N)C(=O)N1CCC(N2CCCC2)C1. The molecule has 1 amide bonds. The predicted octanol–water partition coefficient (Wildman–Crippen LogP) is 0.666. The average Bonchev–Trinajstić information content (AvgIpc) is 2.96. The van der Waals surface area contributed by atoms with E-state index in [4.69, 9.17) is 5.73 Å². The summed E-state index contributed by atoms with van der Waals surface area (Å²) in [6, 6.07) is 0.258. The zero-order valence-corrected chi connectivity index (χ0v) is 11.1. The molecule has 0 aromatic rings. The Hall–Kier alpha value is -0.610. The molecule has 2 heterocycles. The van der Waals surface area contributed by atoms with E-state index in [0.29, 0.717) is 6.04 Å². The molecule has 0 spiro atoms. The van der Waals surface area contributed by atoms with E-state index in [-0.39, 0.29) is 17.9 Å². The predicted molar refractivity (Wildman–Crippen MR) is 68.6 cm³/mol. The summed E-state index contributed by atoms with van der Waals surface area (Å²) in [7, 11) is 0. The molecular formula is C13H25N3O. The van der Waals surface area contributed by atoms with Crippen molar-refractivity contribution in [3.63, 3.8) is 0 Å². The van der Waals surface area contributed by atoms with Crippen LogP contribution in [0.4, 0.5) is 0 Å². The number of carbonyl (C=O) groups excluding carboxylic acids is 1. The molecule has 1 unspecified atom stereocenters. The third-order valence-electron chi connectivity index (χ3n) is 4.14. The molecule has 98 valence electrons. The highest BCUT2D eigenvalue weighted by Crippen LogP contribution is 2.21. The Morgan fingerprint density at radius 1 is 1.24 bits per heavy atom. The lowest BCUT2D eigenvalue weighted by molar-refractivity contribution is -0.132. The van der Waals surface area contributed by atoms with Crippen LogP contribution < -0.4 is 5.73 Å². The van der Waals surface area contributed by atoms with Gasteiger partial charge in [0.1, 0.15) is 0 Å². The van der Waals surface area contributed by atoms with Gasteiger partial charge >= 0.3 is 0 Å². The van der Waals surface area contributed by atoms with Crippen LogP contribution in [0.3, 0.4) is 0 Å². The van der Waals surface area contributed by atoms with E-state index in [2.05, 4.69) is 4.90 Å². The summed E-state index contributed by atoms with van der Waals surface area (Å²) in [5.74, 6) is 0.370. The van der Waals surface area contributed by atoms with Crippen molar-refractivity contribution in [2.75, 3.05) is 26.2 Å². The summed E-state index contributed by atoms with van der Waals surface area (Å²) in [5, 5.41) is 0. The molecule has 4 heteroatoms. The van der Waals surface area contributed by atoms with E-state index in [1.54, 1.807) is 0 Å². The fraction of sp³-hybridized carbons (Fsp3) is 0.923. The van der Waals surface area contributed by atoms with Gasteiger partial charge < -0.3 is 10.6 Å². The first-order chi connectivity index (χ1) is 8.09. The van der Waals surface area contributed by atoms with Crippen LogP contribution in [-0.4, -0.2) is 54.0 Å². The second-order valence-corrected chi connectivity index (χ2v) is 5.74. The number of hydrogen-bond donors (Lipinski definition) is 1. The highest BCUT2D eigenvalue weighted by atomic mass is 16.2. The highest BCUT2D eigenvalue weighted by molar-refractivity contribution is 5.82. The molecule has 0 saturated carbocycles. The van der Waals surface area contributed by atoms with Crippen LogP contribution in [0.1, 0.15) is 33.1 Å². The Morgan fingerprint density at radius 3 is 2.47 bits per heavy atom. The van der Waals surface area contributed by atoms with Gasteiger partial charge in [0.15, 0.2) is 0 Å². The van der Waals surface area contributed by atoms with Gasteiger partial charge in [0.2, 0.25) is 5.91 Å². The van der Waals surface area contributed by atoms with Crippen LogP contribution in [0, 0.1) is 5.92 Å². The van der Waals surface area contributed by atoms with Gasteiger partial charge in [-0.05, 0) is 38.3 Å². The average molecular weight is 239 g/mol. The molecule has 0 aromatic carbocycles. The fourth-order valence-electron chi connectivity index (χ4n) is 2.84. The lowest BCUT2D eigenvalue weighted by atomic mass is 10.0. The van der Waals surface area contributed by atoms with Crippen molar-refractivity contribution in [2.24, 2.45) is 11.7 Å². The topological polar surface area (TPSA) is 49.6 Å². The first kappa shape index (κ1) is 12.8. The van der Waals surface area contributed by atoms with Crippen molar-refractivity contribution in [3.05, 3.63) is 0 Å². The number of likely N-dealkylation sites (tertiary alicyclic amines) is 2. The molecular weight excluding hydrogens is 214 g/mol. The van der Waals surface area contributed by atoms with Crippen molar-refractivity contribution >= 4 is 5.91 Å². The maximum atomic E-state index is 12.1. The zero-order valence-electron chi connectivity index (χ0n) is 11.1. The first-order valence-corrected chi connectivity index (χ1v) is 6.88. The van der Waals surface area contributed by atoms with Crippen LogP contribution >= 0.6 is 0 Å². The first-order valence-electron chi connectivity index (χ1n) is 6.88. The Kier molecular flexibility index (Phi) is 4.05. The van der Waals surface area contributed by atoms with Gasteiger partial charge in [-0.25, -0.2) is 0 Å². The number of hydrogen-bond acceptors (Lipinski definition) is 3. The van der Waals surface area contributed by atoms with Gasteiger partial charge in [-0.3, -0.25) is 9.69 Å². The van der Waals surface area contributed by atoms with Gasteiger partial charge in [0.25, 0.3) is 0 Å². The second-order valence-electron chi connectivity index (χ2n) is 5.74. The molecule has 0 bridgehead atoms. The summed E-state index contributed by atoms with van der Waals surface area (Å²) in [5.41, 5.74) is 5.93. The number of nitrogens with zero attached hydrogens (tertiary/aromatic N) is 2. The molecule has 0 aliphatic carbocycles. The molecule has 2 atom stereocenters. The molecule has 0 aromatic heterocycles. The molecule has 2 aliphatic rings. The molecule has 2 fully saturated rings. The lowest BCUT2D eigenvalue weighted by Gasteiger charge is -2.26.